The lowest BCUT2D eigenvalue weighted by atomic mass is 10.3. The molecule has 0 aromatic carbocycles. The molecule has 2 heterocycles. The molecule has 1 aromatic heterocycles. The van der Waals surface area contributed by atoms with Crippen molar-refractivity contribution in [3.8, 4) is 0 Å². The summed E-state index contributed by atoms with van der Waals surface area (Å²) >= 11 is 1.04. The fourth-order valence-electron chi connectivity index (χ4n) is 2.07. The number of rotatable bonds is 5. The normalized spacial score (nSPS) is 20.8. The number of thiophene rings is 1. The van der Waals surface area contributed by atoms with Gasteiger partial charge in [-0.15, -0.1) is 11.3 Å². The number of carbonyl (C=O) groups is 1. The first-order valence-corrected chi connectivity index (χ1v) is 8.23. The molecule has 106 valence electrons. The van der Waals surface area contributed by atoms with Crippen LogP contribution in [-0.2, 0) is 20.5 Å². The van der Waals surface area contributed by atoms with Gasteiger partial charge in [0.15, 0.2) is 0 Å². The summed E-state index contributed by atoms with van der Waals surface area (Å²) in [5.74, 6) is -1.36. The molecule has 1 saturated heterocycles. The fourth-order valence-corrected chi connectivity index (χ4v) is 4.51. The summed E-state index contributed by atoms with van der Waals surface area (Å²) < 4.78 is 30.9. The SMILES string of the molecule is COC1CCN(S(=O)(=O)Cc2ccsc2C(=O)O)C1. The molecule has 0 amide bonds. The Morgan fingerprint density at radius 2 is 2.37 bits per heavy atom. The smallest absolute Gasteiger partial charge is 0.346 e. The summed E-state index contributed by atoms with van der Waals surface area (Å²) in [6.45, 7) is 0.763. The molecule has 1 aromatic rings. The van der Waals surface area contributed by atoms with Crippen LogP contribution in [0.15, 0.2) is 11.4 Å². The third-order valence-electron chi connectivity index (χ3n) is 3.11. The first-order valence-electron chi connectivity index (χ1n) is 5.74. The van der Waals surface area contributed by atoms with Crippen molar-refractivity contribution in [2.75, 3.05) is 20.2 Å². The summed E-state index contributed by atoms with van der Waals surface area (Å²) in [5, 5.41) is 10.6. The standard InChI is InChI=1S/C11H15NO5S2/c1-17-9-2-4-12(6-9)19(15,16)7-8-3-5-18-10(8)11(13)14/h3,5,9H,2,4,6-7H2,1H3,(H,13,14). The first-order chi connectivity index (χ1) is 8.94. The number of hydrogen-bond acceptors (Lipinski definition) is 5. The van der Waals surface area contributed by atoms with E-state index < -0.39 is 16.0 Å². The zero-order valence-electron chi connectivity index (χ0n) is 10.4. The van der Waals surface area contributed by atoms with Crippen molar-refractivity contribution in [2.45, 2.75) is 18.3 Å². The minimum Gasteiger partial charge on any atom is -0.477 e. The predicted octanol–water partition coefficient (Wildman–Crippen LogP) is 0.997. The lowest BCUT2D eigenvalue weighted by Gasteiger charge is -2.16. The van der Waals surface area contributed by atoms with Crippen molar-refractivity contribution >= 4 is 27.3 Å². The zero-order chi connectivity index (χ0) is 14.0. The van der Waals surface area contributed by atoms with Crippen LogP contribution in [0.5, 0.6) is 0 Å². The largest absolute Gasteiger partial charge is 0.477 e. The third kappa shape index (κ3) is 3.14. The maximum absolute atomic E-state index is 12.2. The molecule has 0 bridgehead atoms. The van der Waals surface area contributed by atoms with Crippen molar-refractivity contribution in [3.05, 3.63) is 21.9 Å². The Morgan fingerprint density at radius 3 is 2.95 bits per heavy atom. The number of aromatic carboxylic acids is 1. The minimum atomic E-state index is -3.49. The lowest BCUT2D eigenvalue weighted by molar-refractivity contribution is 0.0701. The van der Waals surface area contributed by atoms with Crippen LogP contribution in [0.1, 0.15) is 21.7 Å². The quantitative estimate of drug-likeness (QED) is 0.877. The highest BCUT2D eigenvalue weighted by Crippen LogP contribution is 2.23. The molecule has 1 fully saturated rings. The second kappa shape index (κ2) is 5.58. The number of nitrogens with zero attached hydrogens (tertiary/aromatic N) is 1. The highest BCUT2D eigenvalue weighted by molar-refractivity contribution is 7.88. The molecule has 1 atom stereocenters. The van der Waals surface area contributed by atoms with Crippen LogP contribution in [0, 0.1) is 0 Å². The van der Waals surface area contributed by atoms with E-state index in [9.17, 15) is 13.2 Å². The molecule has 1 aliphatic heterocycles. The van der Waals surface area contributed by atoms with Crippen LogP contribution >= 0.6 is 11.3 Å². The maximum atomic E-state index is 12.2. The summed E-state index contributed by atoms with van der Waals surface area (Å²) in [4.78, 5) is 11.1. The molecule has 0 saturated carbocycles. The number of carboxylic acids is 1. The molecule has 2 rings (SSSR count). The minimum absolute atomic E-state index is 0.0730. The van der Waals surface area contributed by atoms with Gasteiger partial charge in [-0.3, -0.25) is 0 Å². The second-order valence-electron chi connectivity index (χ2n) is 4.34. The molecule has 6 nitrogen and oxygen atoms in total. The van der Waals surface area contributed by atoms with Gasteiger partial charge in [0.2, 0.25) is 10.0 Å². The first kappa shape index (κ1) is 14.4. The van der Waals surface area contributed by atoms with Gasteiger partial charge >= 0.3 is 5.97 Å². The highest BCUT2D eigenvalue weighted by atomic mass is 32.2. The Balaban J connectivity index is 2.13. The van der Waals surface area contributed by atoms with Crippen molar-refractivity contribution in [2.24, 2.45) is 0 Å². The Bertz CT molecular complexity index is 565. The van der Waals surface area contributed by atoms with Crippen LogP contribution in [0.4, 0.5) is 0 Å². The molecular formula is C11H15NO5S2. The molecule has 19 heavy (non-hydrogen) atoms. The van der Waals surface area contributed by atoms with E-state index in [1.54, 1.807) is 18.6 Å². The van der Waals surface area contributed by atoms with E-state index in [-0.39, 0.29) is 16.7 Å². The van der Waals surface area contributed by atoms with E-state index >= 15 is 0 Å². The van der Waals surface area contributed by atoms with Gasteiger partial charge in [-0.25, -0.2) is 13.2 Å². The average Bonchev–Trinajstić information content (AvgIpc) is 2.95. The molecule has 1 aliphatic rings. The molecule has 1 unspecified atom stereocenters. The second-order valence-corrected chi connectivity index (χ2v) is 7.23. The van der Waals surface area contributed by atoms with Gasteiger partial charge < -0.3 is 9.84 Å². The molecule has 0 spiro atoms. The molecule has 8 heteroatoms. The van der Waals surface area contributed by atoms with Gasteiger partial charge in [0.25, 0.3) is 0 Å². The van der Waals surface area contributed by atoms with Crippen molar-refractivity contribution in [1.29, 1.82) is 0 Å². The number of sulfonamides is 1. The van der Waals surface area contributed by atoms with E-state index in [1.807, 2.05) is 0 Å². The van der Waals surface area contributed by atoms with Gasteiger partial charge in [0.05, 0.1) is 11.9 Å². The highest BCUT2D eigenvalue weighted by Gasteiger charge is 2.32. The van der Waals surface area contributed by atoms with E-state index in [4.69, 9.17) is 9.84 Å². The van der Waals surface area contributed by atoms with E-state index in [0.717, 1.165) is 11.3 Å². The number of methoxy groups -OCH3 is 1. The monoisotopic (exact) mass is 305 g/mol. The van der Waals surface area contributed by atoms with Crippen molar-refractivity contribution in [1.82, 2.24) is 4.31 Å². The van der Waals surface area contributed by atoms with Gasteiger partial charge in [-0.05, 0) is 23.4 Å². The van der Waals surface area contributed by atoms with Gasteiger partial charge in [0.1, 0.15) is 4.88 Å². The zero-order valence-corrected chi connectivity index (χ0v) is 12.0. The Kier molecular flexibility index (Phi) is 4.24. The summed E-state index contributed by atoms with van der Waals surface area (Å²) in [6.07, 6.45) is 0.599. The van der Waals surface area contributed by atoms with Crippen LogP contribution in [0.25, 0.3) is 0 Å². The maximum Gasteiger partial charge on any atom is 0.346 e. The summed E-state index contributed by atoms with van der Waals surface area (Å²) in [6, 6.07) is 1.55. The molecule has 1 N–H and O–H groups in total. The Morgan fingerprint density at radius 1 is 1.63 bits per heavy atom. The number of carboxylic acid groups (broad SMARTS) is 1. The lowest BCUT2D eigenvalue weighted by Crippen LogP contribution is -2.31. The summed E-state index contributed by atoms with van der Waals surface area (Å²) in [7, 11) is -1.93. The molecule has 0 aliphatic carbocycles. The van der Waals surface area contributed by atoms with Gasteiger partial charge in [-0.2, -0.15) is 4.31 Å². The fraction of sp³-hybridized carbons (Fsp3) is 0.545. The van der Waals surface area contributed by atoms with E-state index in [1.165, 1.54) is 4.31 Å². The average molecular weight is 305 g/mol. The topological polar surface area (TPSA) is 83.9 Å². The van der Waals surface area contributed by atoms with E-state index in [0.29, 0.717) is 25.1 Å². The van der Waals surface area contributed by atoms with Gasteiger partial charge in [0, 0.05) is 20.2 Å². The number of hydrogen-bond donors (Lipinski definition) is 1. The van der Waals surface area contributed by atoms with Crippen LogP contribution in [0.3, 0.4) is 0 Å². The van der Waals surface area contributed by atoms with Gasteiger partial charge in [-0.1, -0.05) is 0 Å². The van der Waals surface area contributed by atoms with Crippen molar-refractivity contribution < 1.29 is 23.1 Å². The molecule has 0 radical (unpaired) electrons. The summed E-state index contributed by atoms with van der Waals surface area (Å²) in [5.41, 5.74) is 0.346. The molecular weight excluding hydrogens is 290 g/mol. The van der Waals surface area contributed by atoms with E-state index in [2.05, 4.69) is 0 Å². The predicted molar refractivity (Wildman–Crippen MR) is 70.9 cm³/mol. The van der Waals surface area contributed by atoms with Crippen LogP contribution in [0.2, 0.25) is 0 Å². The Hall–Kier alpha value is -0.960. The van der Waals surface area contributed by atoms with Crippen molar-refractivity contribution in [3.63, 3.8) is 0 Å². The number of ether oxygens (including phenoxy) is 1. The van der Waals surface area contributed by atoms with Crippen LogP contribution in [-0.4, -0.2) is 50.1 Å². The third-order valence-corrected chi connectivity index (χ3v) is 5.85. The Labute approximate surface area is 115 Å². The van der Waals surface area contributed by atoms with Crippen LogP contribution < -0.4 is 0 Å².